The van der Waals surface area contributed by atoms with Gasteiger partial charge in [0.1, 0.15) is 5.82 Å². The van der Waals surface area contributed by atoms with Crippen LogP contribution in [-0.4, -0.2) is 73.9 Å². The molecule has 0 atom stereocenters. The molecular weight excluding hydrogens is 322 g/mol. The Balaban J connectivity index is -0.000000127. The largest absolute Gasteiger partial charge is 0.388 e. The van der Waals surface area contributed by atoms with Gasteiger partial charge >= 0.3 is 0 Å². The molecule has 148 valence electrons. The van der Waals surface area contributed by atoms with Gasteiger partial charge in [0, 0.05) is 28.1 Å². The number of rotatable bonds is 1. The van der Waals surface area contributed by atoms with Gasteiger partial charge in [0.2, 0.25) is 17.8 Å². The van der Waals surface area contributed by atoms with Crippen LogP contribution in [-0.2, 0) is 4.79 Å². The van der Waals surface area contributed by atoms with Gasteiger partial charge < -0.3 is 27.0 Å². The van der Waals surface area contributed by atoms with Crippen LogP contribution in [0, 0.1) is 6.92 Å². The highest BCUT2D eigenvalue weighted by Crippen LogP contribution is 1.98. The SMILES string of the molecule is C.CN(C)C.CN=C(C)N.CNC(C)=O.CNc1nc(C)nc(N)n1. The van der Waals surface area contributed by atoms with Crippen molar-refractivity contribution in [1.29, 1.82) is 0 Å². The van der Waals surface area contributed by atoms with Gasteiger partial charge in [-0.25, -0.2) is 0 Å². The molecule has 0 aliphatic carbocycles. The first kappa shape index (κ1) is 30.4. The van der Waals surface area contributed by atoms with Crippen LogP contribution in [0.5, 0.6) is 0 Å². The molecule has 0 fully saturated rings. The van der Waals surface area contributed by atoms with Gasteiger partial charge in [-0.15, -0.1) is 0 Å². The molecule has 1 aromatic rings. The molecule has 0 spiro atoms. The Morgan fingerprint density at radius 2 is 1.48 bits per heavy atom. The van der Waals surface area contributed by atoms with Crippen molar-refractivity contribution in [2.24, 2.45) is 10.7 Å². The van der Waals surface area contributed by atoms with Crippen molar-refractivity contribution in [3.05, 3.63) is 5.82 Å². The van der Waals surface area contributed by atoms with Crippen molar-refractivity contribution in [3.8, 4) is 0 Å². The molecule has 6 N–H and O–H groups in total. The first-order chi connectivity index (χ1) is 11.0. The molecule has 0 aliphatic rings. The first-order valence-corrected chi connectivity index (χ1v) is 7.14. The Kier molecular flexibility index (Phi) is 23.8. The zero-order valence-corrected chi connectivity index (χ0v) is 16.3. The highest BCUT2D eigenvalue weighted by molar-refractivity contribution is 5.77. The maximum absolute atomic E-state index is 9.70. The monoisotopic (exact) mass is 359 g/mol. The van der Waals surface area contributed by atoms with Crippen LogP contribution in [0.25, 0.3) is 0 Å². The number of amides is 1. The van der Waals surface area contributed by atoms with Crippen molar-refractivity contribution in [2.45, 2.75) is 28.2 Å². The number of nitrogens with two attached hydrogens (primary N) is 2. The summed E-state index contributed by atoms with van der Waals surface area (Å²) in [5.41, 5.74) is 10.4. The third kappa shape index (κ3) is 34.0. The molecule has 0 radical (unpaired) electrons. The molecule has 1 heterocycles. The summed E-state index contributed by atoms with van der Waals surface area (Å²) in [4.78, 5) is 26.8. The fourth-order valence-electron chi connectivity index (χ4n) is 0.614. The number of carbonyl (C=O) groups is 1. The number of hydrogen-bond donors (Lipinski definition) is 4. The number of amidine groups is 1. The van der Waals surface area contributed by atoms with Crippen LogP contribution < -0.4 is 22.1 Å². The van der Waals surface area contributed by atoms with E-state index < -0.39 is 0 Å². The number of nitrogens with one attached hydrogen (secondary N) is 2. The van der Waals surface area contributed by atoms with E-state index in [1.165, 1.54) is 6.92 Å². The molecule has 0 bridgehead atoms. The van der Waals surface area contributed by atoms with E-state index in [0.29, 0.717) is 17.6 Å². The van der Waals surface area contributed by atoms with Crippen molar-refractivity contribution in [2.75, 3.05) is 53.3 Å². The van der Waals surface area contributed by atoms with Gasteiger partial charge in [-0.3, -0.25) is 9.79 Å². The molecular formula is C15H37N9O. The minimum Gasteiger partial charge on any atom is -0.388 e. The van der Waals surface area contributed by atoms with Gasteiger partial charge in [0.25, 0.3) is 0 Å². The van der Waals surface area contributed by atoms with Gasteiger partial charge in [-0.1, -0.05) is 7.43 Å². The molecule has 10 heteroatoms. The molecule has 1 rings (SSSR count). The molecule has 0 unspecified atom stereocenters. The highest BCUT2D eigenvalue weighted by atomic mass is 16.1. The Bertz CT molecular complexity index is 449. The first-order valence-electron chi connectivity index (χ1n) is 7.14. The Labute approximate surface area is 152 Å². The van der Waals surface area contributed by atoms with Gasteiger partial charge in [-0.05, 0) is 35.0 Å². The van der Waals surface area contributed by atoms with Crippen molar-refractivity contribution in [3.63, 3.8) is 0 Å². The molecule has 1 amide bonds. The molecule has 10 nitrogen and oxygen atoms in total. The van der Waals surface area contributed by atoms with E-state index in [9.17, 15) is 4.79 Å². The maximum atomic E-state index is 9.70. The highest BCUT2D eigenvalue weighted by Gasteiger charge is 1.95. The lowest BCUT2D eigenvalue weighted by Gasteiger charge is -1.98. The molecule has 0 aliphatic heterocycles. The third-order valence-electron chi connectivity index (χ3n) is 1.69. The second-order valence-corrected chi connectivity index (χ2v) is 4.83. The van der Waals surface area contributed by atoms with E-state index in [1.807, 2.05) is 26.0 Å². The summed E-state index contributed by atoms with van der Waals surface area (Å²) in [5, 5.41) is 5.16. The quantitative estimate of drug-likeness (QED) is 0.415. The molecule has 25 heavy (non-hydrogen) atoms. The predicted octanol–water partition coefficient (Wildman–Crippen LogP) is 0.363. The standard InChI is InChI=1S/C5H9N5.C3H8N2.C3H7NO.C3H9N.CH4/c1-3-8-4(6)10-5(7-2)9-3;1-3(4)5-2;1-3(5)4-2;1-4(2)3;/h1-2H3,(H3,6,7,8,9,10);1-2H3,(H2,4,5);1-2H3,(H,4,5);1-3H3;1H4. The number of hydrogen-bond acceptors (Lipinski definition) is 8. The van der Waals surface area contributed by atoms with Crippen LogP contribution in [0.2, 0.25) is 0 Å². The summed E-state index contributed by atoms with van der Waals surface area (Å²) in [6.45, 7) is 4.99. The van der Waals surface area contributed by atoms with Crippen molar-refractivity contribution >= 4 is 23.6 Å². The number of aryl methyl sites for hydroxylation is 1. The summed E-state index contributed by atoms with van der Waals surface area (Å²) >= 11 is 0. The molecule has 0 aromatic carbocycles. The second-order valence-electron chi connectivity index (χ2n) is 4.83. The maximum Gasteiger partial charge on any atom is 0.227 e. The number of aliphatic imine (C=N–C) groups is 1. The van der Waals surface area contributed by atoms with E-state index in [2.05, 4.69) is 30.6 Å². The molecule has 1 aromatic heterocycles. The summed E-state index contributed by atoms with van der Waals surface area (Å²) in [7, 11) is 11.0. The van der Waals surface area contributed by atoms with E-state index in [0.717, 1.165) is 0 Å². The van der Waals surface area contributed by atoms with E-state index >= 15 is 0 Å². The lowest BCUT2D eigenvalue weighted by Crippen LogP contribution is -2.11. The lowest BCUT2D eigenvalue weighted by atomic mass is 10.7. The number of anilines is 2. The van der Waals surface area contributed by atoms with E-state index in [4.69, 9.17) is 11.5 Å². The predicted molar refractivity (Wildman–Crippen MR) is 108 cm³/mol. The minimum atomic E-state index is 0. The van der Waals surface area contributed by atoms with Crippen LogP contribution in [0.4, 0.5) is 11.9 Å². The van der Waals surface area contributed by atoms with Crippen LogP contribution in [0.3, 0.4) is 0 Å². The topological polar surface area (TPSA) is 147 Å². The third-order valence-corrected chi connectivity index (χ3v) is 1.69. The van der Waals surface area contributed by atoms with Crippen molar-refractivity contribution < 1.29 is 4.79 Å². The summed E-state index contributed by atoms with van der Waals surface area (Å²) in [6, 6.07) is 0. The number of carbonyl (C=O) groups excluding carboxylic acids is 1. The normalized spacial score (nSPS) is 8.96. The van der Waals surface area contributed by atoms with Crippen LogP contribution >= 0.6 is 0 Å². The molecule has 0 saturated carbocycles. The Hall–Kier alpha value is -2.49. The average molecular weight is 360 g/mol. The minimum absolute atomic E-state index is 0. The average Bonchev–Trinajstić information content (AvgIpc) is 2.46. The summed E-state index contributed by atoms with van der Waals surface area (Å²) in [6.07, 6.45) is 0. The van der Waals surface area contributed by atoms with Gasteiger partial charge in [0.15, 0.2) is 0 Å². The van der Waals surface area contributed by atoms with Gasteiger partial charge in [0.05, 0.1) is 5.84 Å². The number of nitrogens with zero attached hydrogens (tertiary/aromatic N) is 5. The van der Waals surface area contributed by atoms with Gasteiger partial charge in [-0.2, -0.15) is 15.0 Å². The zero-order valence-electron chi connectivity index (χ0n) is 16.3. The zero-order chi connectivity index (χ0) is 19.7. The van der Waals surface area contributed by atoms with Crippen LogP contribution in [0.1, 0.15) is 27.1 Å². The summed E-state index contributed by atoms with van der Waals surface area (Å²) < 4.78 is 0. The van der Waals surface area contributed by atoms with E-state index in [-0.39, 0.29) is 19.3 Å². The number of nitrogen functional groups attached to an aromatic ring is 1. The lowest BCUT2D eigenvalue weighted by molar-refractivity contribution is -0.118. The molecule has 0 saturated heterocycles. The fourth-order valence-corrected chi connectivity index (χ4v) is 0.614. The Morgan fingerprint density at radius 3 is 1.68 bits per heavy atom. The van der Waals surface area contributed by atoms with Crippen LogP contribution in [0.15, 0.2) is 4.99 Å². The van der Waals surface area contributed by atoms with Crippen molar-refractivity contribution in [1.82, 2.24) is 25.2 Å². The summed E-state index contributed by atoms with van der Waals surface area (Å²) in [5.74, 6) is 2.01. The smallest absolute Gasteiger partial charge is 0.227 e. The fraction of sp³-hybridized carbons (Fsp3) is 0.667. The second kappa shape index (κ2) is 19.6. The Morgan fingerprint density at radius 1 is 1.12 bits per heavy atom. The number of aromatic nitrogens is 3. The van der Waals surface area contributed by atoms with E-state index in [1.54, 1.807) is 35.0 Å².